The highest BCUT2D eigenvalue weighted by molar-refractivity contribution is 7.15. The summed E-state index contributed by atoms with van der Waals surface area (Å²) in [6, 6.07) is 3.44. The molecule has 0 aromatic carbocycles. The van der Waals surface area contributed by atoms with Gasteiger partial charge in [0, 0.05) is 4.88 Å². The molecule has 15 heavy (non-hydrogen) atoms. The van der Waals surface area contributed by atoms with Crippen LogP contribution in [0.4, 0.5) is 13.2 Å². The zero-order valence-electron chi connectivity index (χ0n) is 7.50. The van der Waals surface area contributed by atoms with Gasteiger partial charge in [0.15, 0.2) is 0 Å². The topological polar surface area (TPSA) is 38.9 Å². The summed E-state index contributed by atoms with van der Waals surface area (Å²) in [5.74, 6) is -1.34. The van der Waals surface area contributed by atoms with Gasteiger partial charge in [0.2, 0.25) is 5.82 Å². The van der Waals surface area contributed by atoms with E-state index in [9.17, 15) is 13.2 Å². The summed E-state index contributed by atoms with van der Waals surface area (Å²) in [6.07, 6.45) is -4.59. The molecule has 0 saturated carbocycles. The summed E-state index contributed by atoms with van der Waals surface area (Å²) in [6.45, 7) is 1.85. The van der Waals surface area contributed by atoms with Crippen LogP contribution in [0, 0.1) is 6.92 Å². The number of rotatable bonds is 1. The first-order chi connectivity index (χ1) is 6.97. The van der Waals surface area contributed by atoms with Gasteiger partial charge in [-0.1, -0.05) is 5.16 Å². The Labute approximate surface area is 86.5 Å². The van der Waals surface area contributed by atoms with Crippen LogP contribution in [0.2, 0.25) is 0 Å². The average Bonchev–Trinajstić information content (AvgIpc) is 2.69. The summed E-state index contributed by atoms with van der Waals surface area (Å²) < 4.78 is 40.5. The molecular weight excluding hydrogens is 229 g/mol. The van der Waals surface area contributed by atoms with Gasteiger partial charge in [0.05, 0.1) is 4.88 Å². The molecule has 2 rings (SSSR count). The van der Waals surface area contributed by atoms with E-state index in [0.717, 1.165) is 4.88 Å². The van der Waals surface area contributed by atoms with Crippen molar-refractivity contribution in [3.8, 4) is 10.7 Å². The van der Waals surface area contributed by atoms with Crippen molar-refractivity contribution in [1.29, 1.82) is 0 Å². The molecule has 7 heteroatoms. The molecule has 0 aliphatic heterocycles. The number of thiophene rings is 1. The van der Waals surface area contributed by atoms with Crippen molar-refractivity contribution in [3.05, 3.63) is 22.9 Å². The van der Waals surface area contributed by atoms with E-state index in [2.05, 4.69) is 14.7 Å². The maximum absolute atomic E-state index is 12.1. The van der Waals surface area contributed by atoms with E-state index in [1.54, 1.807) is 12.1 Å². The molecule has 3 nitrogen and oxygen atoms in total. The molecule has 0 aliphatic carbocycles. The van der Waals surface area contributed by atoms with Crippen LogP contribution < -0.4 is 0 Å². The van der Waals surface area contributed by atoms with Crippen molar-refractivity contribution in [2.75, 3.05) is 0 Å². The molecule has 0 saturated heterocycles. The highest BCUT2D eigenvalue weighted by Crippen LogP contribution is 2.31. The van der Waals surface area contributed by atoms with Crippen molar-refractivity contribution in [2.45, 2.75) is 13.1 Å². The minimum atomic E-state index is -4.59. The lowest BCUT2D eigenvalue weighted by Crippen LogP contribution is -2.04. The van der Waals surface area contributed by atoms with Crippen molar-refractivity contribution < 1.29 is 17.7 Å². The van der Waals surface area contributed by atoms with Crippen LogP contribution in [-0.2, 0) is 6.18 Å². The number of nitrogens with zero attached hydrogens (tertiary/aromatic N) is 2. The first-order valence-corrected chi connectivity index (χ1v) is 4.76. The second-order valence-electron chi connectivity index (χ2n) is 2.83. The van der Waals surface area contributed by atoms with Gasteiger partial charge in [-0.2, -0.15) is 18.2 Å². The Morgan fingerprint density at radius 3 is 2.53 bits per heavy atom. The fourth-order valence-electron chi connectivity index (χ4n) is 0.993. The second-order valence-corrected chi connectivity index (χ2v) is 4.12. The van der Waals surface area contributed by atoms with Crippen LogP contribution in [0.1, 0.15) is 10.8 Å². The first kappa shape index (κ1) is 10.2. The predicted octanol–water partition coefficient (Wildman–Crippen LogP) is 3.13. The minimum absolute atomic E-state index is 0.0274. The summed E-state index contributed by atoms with van der Waals surface area (Å²) in [5, 5.41) is 3.27. The standard InChI is InChI=1S/C8H5F3N2OS/c1-4-2-3-5(15-4)6-12-7(14-13-6)8(9,10)11/h2-3H,1H3. The lowest BCUT2D eigenvalue weighted by atomic mass is 10.4. The molecule has 0 unspecified atom stereocenters. The maximum atomic E-state index is 12.1. The third kappa shape index (κ3) is 2.01. The molecule has 0 amide bonds. The van der Waals surface area contributed by atoms with E-state index >= 15 is 0 Å². The van der Waals surface area contributed by atoms with Crippen LogP contribution in [0.15, 0.2) is 16.7 Å². The van der Waals surface area contributed by atoms with Crippen molar-refractivity contribution in [1.82, 2.24) is 10.1 Å². The van der Waals surface area contributed by atoms with E-state index < -0.39 is 12.1 Å². The zero-order chi connectivity index (χ0) is 11.1. The Morgan fingerprint density at radius 1 is 1.33 bits per heavy atom. The molecule has 0 fully saturated rings. The number of hydrogen-bond acceptors (Lipinski definition) is 4. The van der Waals surface area contributed by atoms with E-state index in [-0.39, 0.29) is 5.82 Å². The van der Waals surface area contributed by atoms with Crippen LogP contribution >= 0.6 is 11.3 Å². The van der Waals surface area contributed by atoms with Gasteiger partial charge >= 0.3 is 12.1 Å². The summed E-state index contributed by atoms with van der Waals surface area (Å²) >= 11 is 1.31. The van der Waals surface area contributed by atoms with E-state index in [0.29, 0.717) is 4.88 Å². The van der Waals surface area contributed by atoms with Gasteiger partial charge < -0.3 is 4.52 Å². The zero-order valence-corrected chi connectivity index (χ0v) is 8.32. The fraction of sp³-hybridized carbons (Fsp3) is 0.250. The Morgan fingerprint density at radius 2 is 2.07 bits per heavy atom. The molecule has 0 spiro atoms. The number of halogens is 3. The number of hydrogen-bond donors (Lipinski definition) is 0. The predicted molar refractivity (Wildman–Crippen MR) is 47.4 cm³/mol. The third-order valence-corrected chi connectivity index (χ3v) is 2.63. The highest BCUT2D eigenvalue weighted by Gasteiger charge is 2.38. The number of aromatic nitrogens is 2. The Balaban J connectivity index is 2.36. The minimum Gasteiger partial charge on any atom is -0.329 e. The van der Waals surface area contributed by atoms with Crippen LogP contribution in [-0.4, -0.2) is 10.1 Å². The summed E-state index contributed by atoms with van der Waals surface area (Å²) in [7, 11) is 0. The lowest BCUT2D eigenvalue weighted by Gasteiger charge is -1.95. The molecule has 0 aliphatic rings. The van der Waals surface area contributed by atoms with Crippen LogP contribution in [0.25, 0.3) is 10.7 Å². The van der Waals surface area contributed by atoms with Gasteiger partial charge in [-0.15, -0.1) is 11.3 Å². The maximum Gasteiger partial charge on any atom is 0.471 e. The number of aryl methyl sites for hydroxylation is 1. The smallest absolute Gasteiger partial charge is 0.329 e. The Hall–Kier alpha value is -1.37. The van der Waals surface area contributed by atoms with E-state index in [1.165, 1.54) is 11.3 Å². The molecule has 80 valence electrons. The molecule has 2 aromatic heterocycles. The van der Waals surface area contributed by atoms with Gasteiger partial charge in [-0.25, -0.2) is 0 Å². The lowest BCUT2D eigenvalue weighted by molar-refractivity contribution is -0.159. The van der Waals surface area contributed by atoms with E-state index in [4.69, 9.17) is 0 Å². The fourth-order valence-corrected chi connectivity index (χ4v) is 1.79. The normalized spacial score (nSPS) is 12.0. The second kappa shape index (κ2) is 3.34. The third-order valence-electron chi connectivity index (χ3n) is 1.63. The van der Waals surface area contributed by atoms with Crippen LogP contribution in [0.3, 0.4) is 0 Å². The Bertz CT molecular complexity index is 474. The molecule has 2 heterocycles. The summed E-state index contributed by atoms with van der Waals surface area (Å²) in [5.41, 5.74) is 0. The number of alkyl halides is 3. The molecule has 0 bridgehead atoms. The summed E-state index contributed by atoms with van der Waals surface area (Å²) in [4.78, 5) is 4.81. The van der Waals surface area contributed by atoms with Gasteiger partial charge in [0.1, 0.15) is 0 Å². The van der Waals surface area contributed by atoms with Gasteiger partial charge in [0.25, 0.3) is 0 Å². The molecule has 0 radical (unpaired) electrons. The van der Waals surface area contributed by atoms with Gasteiger partial charge in [-0.3, -0.25) is 0 Å². The average molecular weight is 234 g/mol. The van der Waals surface area contributed by atoms with Crippen molar-refractivity contribution >= 4 is 11.3 Å². The van der Waals surface area contributed by atoms with Crippen molar-refractivity contribution in [3.63, 3.8) is 0 Å². The molecular formula is C8H5F3N2OS. The highest BCUT2D eigenvalue weighted by atomic mass is 32.1. The van der Waals surface area contributed by atoms with Crippen LogP contribution in [0.5, 0.6) is 0 Å². The molecule has 0 atom stereocenters. The Kier molecular flexibility index (Phi) is 2.26. The van der Waals surface area contributed by atoms with Crippen molar-refractivity contribution in [2.24, 2.45) is 0 Å². The quantitative estimate of drug-likeness (QED) is 0.760. The molecule has 2 aromatic rings. The SMILES string of the molecule is Cc1ccc(-c2noc(C(F)(F)F)n2)s1. The monoisotopic (exact) mass is 234 g/mol. The first-order valence-electron chi connectivity index (χ1n) is 3.94. The largest absolute Gasteiger partial charge is 0.471 e. The van der Waals surface area contributed by atoms with Gasteiger partial charge in [-0.05, 0) is 19.1 Å². The van der Waals surface area contributed by atoms with E-state index in [1.807, 2.05) is 6.92 Å². The molecule has 0 N–H and O–H groups in total.